The van der Waals surface area contributed by atoms with Gasteiger partial charge in [0.15, 0.2) is 10.5 Å². The molecule has 0 N–H and O–H groups in total. The smallest absolute Gasteiger partial charge is 0.434 e. The maximum absolute atomic E-state index is 14.2. The molecule has 2 aromatic heterocycles. The molecule has 1 aliphatic rings. The van der Waals surface area contributed by atoms with E-state index in [9.17, 15) is 22.8 Å². The van der Waals surface area contributed by atoms with Gasteiger partial charge in [0, 0.05) is 34.2 Å². The Labute approximate surface area is 223 Å². The van der Waals surface area contributed by atoms with Gasteiger partial charge in [-0.05, 0) is 43.7 Å². The standard InChI is InChI=1S/C27H21ClF3N3O3S/c1-4-37-25(36)21-22(15-9-11-16(28)12-10-15)34-24(35)20(38-26(34)32-23(21)27(29,30)31)13-18-14(2)33(3)19-8-6-5-7-17(18)19/h5-13,22H,4H2,1-3H3/b20-13-/t22-/m0/s1. The number of carbonyl (C=O) groups excluding carboxylic acids is 1. The SMILES string of the molecule is CCOC(=O)C1=C(C(F)(F)F)N=c2s/c(=C\c3c(C)n(C)c4ccccc34)c(=O)n2[C@H]1c1ccc(Cl)cc1. The highest BCUT2D eigenvalue weighted by Gasteiger charge is 2.45. The number of para-hydroxylation sites is 1. The fraction of sp³-hybridized carbons (Fsp3) is 0.222. The minimum absolute atomic E-state index is 0.147. The minimum atomic E-state index is -4.96. The third-order valence-electron chi connectivity index (χ3n) is 6.50. The van der Waals surface area contributed by atoms with Gasteiger partial charge in [-0.15, -0.1) is 0 Å². The molecule has 0 unspecified atom stereocenters. The topological polar surface area (TPSA) is 65.6 Å². The summed E-state index contributed by atoms with van der Waals surface area (Å²) in [7, 11) is 1.90. The van der Waals surface area contributed by atoms with E-state index >= 15 is 0 Å². The highest BCUT2D eigenvalue weighted by atomic mass is 35.5. The molecule has 1 aliphatic heterocycles. The summed E-state index contributed by atoms with van der Waals surface area (Å²) in [6.45, 7) is 3.25. The molecule has 0 aliphatic carbocycles. The van der Waals surface area contributed by atoms with E-state index in [0.717, 1.165) is 38.1 Å². The van der Waals surface area contributed by atoms with Crippen molar-refractivity contribution in [2.45, 2.75) is 26.1 Å². The van der Waals surface area contributed by atoms with Gasteiger partial charge in [0.05, 0.1) is 22.8 Å². The largest absolute Gasteiger partial charge is 0.463 e. The van der Waals surface area contributed by atoms with Crippen LogP contribution in [0, 0.1) is 6.92 Å². The number of hydrogen-bond donors (Lipinski definition) is 0. The number of thiazole rings is 1. The van der Waals surface area contributed by atoms with Gasteiger partial charge >= 0.3 is 12.1 Å². The fourth-order valence-electron chi connectivity index (χ4n) is 4.66. The number of hydrogen-bond acceptors (Lipinski definition) is 5. The van der Waals surface area contributed by atoms with E-state index < -0.39 is 35.0 Å². The average molecular weight is 560 g/mol. The van der Waals surface area contributed by atoms with Crippen LogP contribution < -0.4 is 14.9 Å². The Morgan fingerprint density at radius 3 is 2.53 bits per heavy atom. The molecule has 0 bridgehead atoms. The van der Waals surface area contributed by atoms with E-state index in [0.29, 0.717) is 5.02 Å². The van der Waals surface area contributed by atoms with Crippen molar-refractivity contribution >= 4 is 45.9 Å². The highest BCUT2D eigenvalue weighted by molar-refractivity contribution is 7.07. The number of ether oxygens (including phenoxy) is 1. The fourth-order valence-corrected chi connectivity index (χ4v) is 5.77. The average Bonchev–Trinajstić information content (AvgIpc) is 3.32. The molecular weight excluding hydrogens is 539 g/mol. The second-order valence-electron chi connectivity index (χ2n) is 8.69. The predicted molar refractivity (Wildman–Crippen MR) is 140 cm³/mol. The van der Waals surface area contributed by atoms with Crippen LogP contribution in [-0.2, 0) is 16.6 Å². The first-order valence-electron chi connectivity index (χ1n) is 11.6. The Bertz CT molecular complexity index is 1800. The van der Waals surface area contributed by atoms with Gasteiger partial charge in [0.25, 0.3) is 5.56 Å². The summed E-state index contributed by atoms with van der Waals surface area (Å²) >= 11 is 6.85. The lowest BCUT2D eigenvalue weighted by molar-refractivity contribution is -0.140. The summed E-state index contributed by atoms with van der Waals surface area (Å²) in [6, 6.07) is 12.2. The Kier molecular flexibility index (Phi) is 6.56. The van der Waals surface area contributed by atoms with Crippen molar-refractivity contribution in [2.24, 2.45) is 12.0 Å². The molecule has 0 fully saturated rings. The zero-order chi connectivity index (χ0) is 27.4. The van der Waals surface area contributed by atoms with Crippen molar-refractivity contribution in [3.8, 4) is 0 Å². The zero-order valence-electron chi connectivity index (χ0n) is 20.5. The van der Waals surface area contributed by atoms with E-state index in [1.807, 2.05) is 42.8 Å². The van der Waals surface area contributed by atoms with Crippen LogP contribution in [-0.4, -0.2) is 27.9 Å². The Hall–Kier alpha value is -3.63. The lowest BCUT2D eigenvalue weighted by Crippen LogP contribution is -2.41. The lowest BCUT2D eigenvalue weighted by Gasteiger charge is -2.26. The number of aromatic nitrogens is 2. The van der Waals surface area contributed by atoms with Gasteiger partial charge < -0.3 is 9.30 Å². The minimum Gasteiger partial charge on any atom is -0.463 e. The summed E-state index contributed by atoms with van der Waals surface area (Å²) in [4.78, 5) is 30.4. The van der Waals surface area contributed by atoms with Crippen molar-refractivity contribution in [3.63, 3.8) is 0 Å². The molecule has 3 heterocycles. The van der Waals surface area contributed by atoms with Crippen LogP contribution >= 0.6 is 22.9 Å². The summed E-state index contributed by atoms with van der Waals surface area (Å²) in [6.07, 6.45) is -3.30. The summed E-state index contributed by atoms with van der Waals surface area (Å²) < 4.78 is 51.0. The molecule has 6 nitrogen and oxygen atoms in total. The maximum atomic E-state index is 14.2. The summed E-state index contributed by atoms with van der Waals surface area (Å²) in [5.41, 5.74) is 0.178. The molecule has 5 rings (SSSR count). The van der Waals surface area contributed by atoms with Crippen LogP contribution in [0.5, 0.6) is 0 Å². The van der Waals surface area contributed by atoms with Gasteiger partial charge in [0.1, 0.15) is 0 Å². The molecule has 0 radical (unpaired) electrons. The quantitative estimate of drug-likeness (QED) is 0.338. The number of halogens is 4. The molecule has 0 saturated heterocycles. The Balaban J connectivity index is 1.84. The molecule has 11 heteroatoms. The van der Waals surface area contributed by atoms with Crippen molar-refractivity contribution in [2.75, 3.05) is 6.61 Å². The predicted octanol–water partition coefficient (Wildman–Crippen LogP) is 4.79. The molecule has 196 valence electrons. The molecule has 4 aromatic rings. The molecule has 1 atom stereocenters. The van der Waals surface area contributed by atoms with Crippen LogP contribution in [0.4, 0.5) is 13.2 Å². The zero-order valence-corrected chi connectivity index (χ0v) is 22.0. The second-order valence-corrected chi connectivity index (χ2v) is 10.1. The summed E-state index contributed by atoms with van der Waals surface area (Å²) in [5.74, 6) is -1.19. The number of allylic oxidation sites excluding steroid dienone is 1. The number of benzene rings is 2. The molecule has 0 saturated carbocycles. The first kappa shape index (κ1) is 26.0. The lowest BCUT2D eigenvalue weighted by atomic mass is 9.95. The number of nitrogens with zero attached hydrogens (tertiary/aromatic N) is 3. The monoisotopic (exact) mass is 559 g/mol. The van der Waals surface area contributed by atoms with Crippen molar-refractivity contribution in [1.82, 2.24) is 9.13 Å². The maximum Gasteiger partial charge on any atom is 0.434 e. The van der Waals surface area contributed by atoms with Crippen LogP contribution in [0.1, 0.15) is 29.8 Å². The third-order valence-corrected chi connectivity index (χ3v) is 7.74. The van der Waals surface area contributed by atoms with E-state index in [4.69, 9.17) is 16.3 Å². The second kappa shape index (κ2) is 9.59. The van der Waals surface area contributed by atoms with E-state index in [1.165, 1.54) is 31.2 Å². The number of esters is 1. The molecular formula is C27H21ClF3N3O3S. The highest BCUT2D eigenvalue weighted by Crippen LogP contribution is 2.38. The molecule has 2 aromatic carbocycles. The van der Waals surface area contributed by atoms with Gasteiger partial charge in [0.2, 0.25) is 0 Å². The normalized spacial score (nSPS) is 16.1. The number of aryl methyl sites for hydroxylation is 1. The summed E-state index contributed by atoms with van der Waals surface area (Å²) in [5, 5.41) is 1.25. The van der Waals surface area contributed by atoms with Crippen molar-refractivity contribution in [3.05, 3.63) is 101 Å². The first-order valence-corrected chi connectivity index (χ1v) is 12.8. The van der Waals surface area contributed by atoms with Crippen LogP contribution in [0.25, 0.3) is 17.0 Å². The van der Waals surface area contributed by atoms with Gasteiger partial charge in [-0.2, -0.15) is 13.2 Å². The van der Waals surface area contributed by atoms with Crippen molar-refractivity contribution < 1.29 is 22.7 Å². The van der Waals surface area contributed by atoms with Gasteiger partial charge in [-0.3, -0.25) is 9.36 Å². The third kappa shape index (κ3) is 4.27. The van der Waals surface area contributed by atoms with E-state index in [2.05, 4.69) is 4.99 Å². The molecule has 0 amide bonds. The van der Waals surface area contributed by atoms with E-state index in [1.54, 1.807) is 6.08 Å². The molecule has 0 spiro atoms. The Morgan fingerprint density at radius 1 is 1.18 bits per heavy atom. The number of carbonyl (C=O) groups is 1. The van der Waals surface area contributed by atoms with Gasteiger partial charge in [-0.1, -0.05) is 53.3 Å². The van der Waals surface area contributed by atoms with Gasteiger partial charge in [-0.25, -0.2) is 9.79 Å². The first-order chi connectivity index (χ1) is 18.0. The van der Waals surface area contributed by atoms with Crippen LogP contribution in [0.15, 0.2) is 69.6 Å². The van der Waals surface area contributed by atoms with Crippen LogP contribution in [0.2, 0.25) is 5.02 Å². The molecule has 38 heavy (non-hydrogen) atoms. The number of alkyl halides is 3. The number of rotatable bonds is 4. The number of fused-ring (bicyclic) bond motifs is 2. The van der Waals surface area contributed by atoms with Crippen molar-refractivity contribution in [1.29, 1.82) is 0 Å². The van der Waals surface area contributed by atoms with Crippen LogP contribution in [0.3, 0.4) is 0 Å². The van der Waals surface area contributed by atoms with E-state index in [-0.39, 0.29) is 21.5 Å². The Morgan fingerprint density at radius 2 is 1.87 bits per heavy atom.